The van der Waals surface area contributed by atoms with Gasteiger partial charge in [-0.1, -0.05) is 6.92 Å². The summed E-state index contributed by atoms with van der Waals surface area (Å²) in [5, 5.41) is 0. The molecule has 0 saturated carbocycles. The molecule has 4 nitrogen and oxygen atoms in total. The normalized spacial score (nSPS) is 31.0. The molecule has 0 aromatic rings. The molecule has 0 aromatic carbocycles. The Kier molecular flexibility index (Phi) is 3.32. The quantitative estimate of drug-likeness (QED) is 0.664. The Morgan fingerprint density at radius 2 is 2.08 bits per heavy atom. The van der Waals surface area contributed by atoms with Gasteiger partial charge in [-0.05, 0) is 5.92 Å². The molecular weight excluding hydrogens is 188 g/mol. The summed E-state index contributed by atoms with van der Waals surface area (Å²) >= 11 is 0. The topological polar surface area (TPSA) is 63.4 Å². The molecule has 1 fully saturated rings. The average molecular weight is 206 g/mol. The van der Waals surface area contributed by atoms with E-state index in [-0.39, 0.29) is 11.8 Å². The maximum absolute atomic E-state index is 10.9. The highest BCUT2D eigenvalue weighted by Gasteiger charge is 2.26. The first-order chi connectivity index (χ1) is 5.88. The van der Waals surface area contributed by atoms with Crippen LogP contribution in [0.5, 0.6) is 0 Å². The van der Waals surface area contributed by atoms with E-state index < -0.39 is 9.84 Å². The van der Waals surface area contributed by atoms with E-state index in [1.807, 2.05) is 0 Å². The molecule has 13 heavy (non-hydrogen) atoms. The highest BCUT2D eigenvalue weighted by Crippen LogP contribution is 2.13. The molecule has 78 valence electrons. The predicted octanol–water partition coefficient (Wildman–Crippen LogP) is -0.690. The molecule has 1 rings (SSSR count). The van der Waals surface area contributed by atoms with Crippen LogP contribution in [-0.2, 0) is 9.84 Å². The largest absolute Gasteiger partial charge is 0.326 e. The minimum Gasteiger partial charge on any atom is -0.326 e. The van der Waals surface area contributed by atoms with Gasteiger partial charge in [-0.2, -0.15) is 0 Å². The Labute approximate surface area is 80.0 Å². The minimum atomic E-state index is -2.83. The SMILES string of the molecule is CC1CN(CCS(C)(=O)=O)CC1N. The van der Waals surface area contributed by atoms with Crippen LogP contribution >= 0.6 is 0 Å². The molecule has 0 aromatic heterocycles. The first-order valence-electron chi connectivity index (χ1n) is 4.54. The van der Waals surface area contributed by atoms with E-state index in [0.717, 1.165) is 13.1 Å². The van der Waals surface area contributed by atoms with Crippen LogP contribution in [0.2, 0.25) is 0 Å². The van der Waals surface area contributed by atoms with Crippen molar-refractivity contribution < 1.29 is 8.42 Å². The van der Waals surface area contributed by atoms with E-state index >= 15 is 0 Å². The van der Waals surface area contributed by atoms with Gasteiger partial charge in [0.25, 0.3) is 0 Å². The molecule has 0 radical (unpaired) electrons. The maximum Gasteiger partial charge on any atom is 0.148 e. The van der Waals surface area contributed by atoms with Gasteiger partial charge in [0.05, 0.1) is 5.75 Å². The van der Waals surface area contributed by atoms with Crippen LogP contribution in [-0.4, -0.2) is 51.0 Å². The van der Waals surface area contributed by atoms with Crippen molar-refractivity contribution in [2.24, 2.45) is 11.7 Å². The van der Waals surface area contributed by atoms with Crippen molar-refractivity contribution in [1.82, 2.24) is 4.90 Å². The molecule has 2 unspecified atom stereocenters. The van der Waals surface area contributed by atoms with Gasteiger partial charge in [-0.15, -0.1) is 0 Å². The first kappa shape index (κ1) is 10.9. The zero-order valence-corrected chi connectivity index (χ0v) is 9.05. The van der Waals surface area contributed by atoms with Crippen LogP contribution in [0.1, 0.15) is 6.92 Å². The lowest BCUT2D eigenvalue weighted by Gasteiger charge is -2.13. The van der Waals surface area contributed by atoms with Crippen LogP contribution < -0.4 is 5.73 Å². The number of nitrogens with two attached hydrogens (primary N) is 1. The molecule has 1 heterocycles. The summed E-state index contributed by atoms with van der Waals surface area (Å²) in [6.07, 6.45) is 1.27. The standard InChI is InChI=1S/C8H18N2O2S/c1-7-5-10(6-8(7)9)3-4-13(2,11)12/h7-8H,3-6,9H2,1-2H3. The molecule has 1 aliphatic rings. The average Bonchev–Trinajstić information content (AvgIpc) is 2.27. The number of hydrogen-bond acceptors (Lipinski definition) is 4. The van der Waals surface area contributed by atoms with Gasteiger partial charge in [0.15, 0.2) is 0 Å². The lowest BCUT2D eigenvalue weighted by Crippen LogP contribution is -2.30. The van der Waals surface area contributed by atoms with Gasteiger partial charge in [0.1, 0.15) is 9.84 Å². The number of rotatable bonds is 3. The number of sulfone groups is 1. The third-order valence-corrected chi connectivity index (χ3v) is 3.45. The predicted molar refractivity (Wildman–Crippen MR) is 53.3 cm³/mol. The molecule has 0 aliphatic carbocycles. The van der Waals surface area contributed by atoms with Crippen molar-refractivity contribution in [3.05, 3.63) is 0 Å². The molecule has 1 saturated heterocycles. The van der Waals surface area contributed by atoms with Crippen molar-refractivity contribution in [2.45, 2.75) is 13.0 Å². The first-order valence-corrected chi connectivity index (χ1v) is 6.60. The van der Waals surface area contributed by atoms with Gasteiger partial charge in [0, 0.05) is 31.9 Å². The third-order valence-electron chi connectivity index (χ3n) is 2.52. The molecular formula is C8H18N2O2S. The van der Waals surface area contributed by atoms with Crippen molar-refractivity contribution in [2.75, 3.05) is 31.6 Å². The Bertz CT molecular complexity index is 253. The molecule has 2 N–H and O–H groups in total. The molecule has 0 bridgehead atoms. The summed E-state index contributed by atoms with van der Waals surface area (Å²) in [4.78, 5) is 2.12. The van der Waals surface area contributed by atoms with E-state index in [2.05, 4.69) is 11.8 Å². The second-order valence-electron chi connectivity index (χ2n) is 4.03. The second kappa shape index (κ2) is 3.94. The van der Waals surface area contributed by atoms with E-state index in [0.29, 0.717) is 12.5 Å². The Hall–Kier alpha value is -0.130. The van der Waals surface area contributed by atoms with E-state index in [1.165, 1.54) is 6.26 Å². The maximum atomic E-state index is 10.9. The summed E-state index contributed by atoms with van der Waals surface area (Å²) in [5.74, 6) is 0.728. The van der Waals surface area contributed by atoms with Crippen LogP contribution in [0.3, 0.4) is 0 Å². The second-order valence-corrected chi connectivity index (χ2v) is 6.29. The van der Waals surface area contributed by atoms with Crippen LogP contribution in [0.25, 0.3) is 0 Å². The zero-order chi connectivity index (χ0) is 10.1. The third kappa shape index (κ3) is 3.62. The highest BCUT2D eigenvalue weighted by molar-refractivity contribution is 7.90. The van der Waals surface area contributed by atoms with Crippen molar-refractivity contribution >= 4 is 9.84 Å². The van der Waals surface area contributed by atoms with Gasteiger partial charge in [-0.3, -0.25) is 0 Å². The highest BCUT2D eigenvalue weighted by atomic mass is 32.2. The molecule has 0 amide bonds. The van der Waals surface area contributed by atoms with Gasteiger partial charge < -0.3 is 10.6 Å². The minimum absolute atomic E-state index is 0.208. The van der Waals surface area contributed by atoms with Crippen molar-refractivity contribution in [1.29, 1.82) is 0 Å². The summed E-state index contributed by atoms with van der Waals surface area (Å²) in [6.45, 7) is 4.48. The summed E-state index contributed by atoms with van der Waals surface area (Å²) in [5.41, 5.74) is 5.82. The molecule has 1 aliphatic heterocycles. The van der Waals surface area contributed by atoms with Crippen molar-refractivity contribution in [3.63, 3.8) is 0 Å². The zero-order valence-electron chi connectivity index (χ0n) is 8.23. The summed E-state index contributed by atoms with van der Waals surface area (Å²) < 4.78 is 21.8. The molecule has 5 heteroatoms. The van der Waals surface area contributed by atoms with Gasteiger partial charge in [-0.25, -0.2) is 8.42 Å². The van der Waals surface area contributed by atoms with Crippen LogP contribution in [0, 0.1) is 5.92 Å². The van der Waals surface area contributed by atoms with E-state index in [4.69, 9.17) is 5.73 Å². The summed E-state index contributed by atoms with van der Waals surface area (Å²) in [6, 6.07) is 0.208. The summed E-state index contributed by atoms with van der Waals surface area (Å²) in [7, 11) is -2.83. The molecule has 0 spiro atoms. The fraction of sp³-hybridized carbons (Fsp3) is 1.00. The lowest BCUT2D eigenvalue weighted by molar-refractivity contribution is 0.346. The van der Waals surface area contributed by atoms with Crippen LogP contribution in [0.4, 0.5) is 0 Å². The van der Waals surface area contributed by atoms with Gasteiger partial charge in [0.2, 0.25) is 0 Å². The fourth-order valence-corrected chi connectivity index (χ4v) is 2.16. The monoisotopic (exact) mass is 206 g/mol. The van der Waals surface area contributed by atoms with E-state index in [1.54, 1.807) is 0 Å². The Morgan fingerprint density at radius 3 is 2.46 bits per heavy atom. The number of likely N-dealkylation sites (tertiary alicyclic amines) is 1. The molecule has 2 atom stereocenters. The van der Waals surface area contributed by atoms with E-state index in [9.17, 15) is 8.42 Å². The van der Waals surface area contributed by atoms with Crippen molar-refractivity contribution in [3.8, 4) is 0 Å². The Morgan fingerprint density at radius 1 is 1.46 bits per heavy atom. The smallest absolute Gasteiger partial charge is 0.148 e. The number of nitrogens with zero attached hydrogens (tertiary/aromatic N) is 1. The van der Waals surface area contributed by atoms with Gasteiger partial charge >= 0.3 is 0 Å². The fourth-order valence-electron chi connectivity index (χ4n) is 1.57. The lowest BCUT2D eigenvalue weighted by atomic mass is 10.1. The number of hydrogen-bond donors (Lipinski definition) is 1. The Balaban J connectivity index is 2.33. The van der Waals surface area contributed by atoms with Crippen LogP contribution in [0.15, 0.2) is 0 Å².